The third-order valence-electron chi connectivity index (χ3n) is 2.75. The molecule has 5 nitrogen and oxygen atoms in total. The van der Waals surface area contributed by atoms with Crippen molar-refractivity contribution in [2.24, 2.45) is 0 Å². The molecular formula is C16H8FN5. The lowest BCUT2D eigenvalue weighted by molar-refractivity contribution is 0.625. The SMILES string of the molecule is N#Cc1cc(F)cc(-n2ccc(C#Cc3cnccn3)n2)c1. The van der Waals surface area contributed by atoms with Crippen LogP contribution >= 0.6 is 0 Å². The number of hydrogen-bond acceptors (Lipinski definition) is 4. The first-order valence-electron chi connectivity index (χ1n) is 6.29. The summed E-state index contributed by atoms with van der Waals surface area (Å²) in [7, 11) is 0. The van der Waals surface area contributed by atoms with Gasteiger partial charge < -0.3 is 0 Å². The summed E-state index contributed by atoms with van der Waals surface area (Å²) in [6, 6.07) is 7.62. The van der Waals surface area contributed by atoms with Crippen molar-refractivity contribution in [3.63, 3.8) is 0 Å². The van der Waals surface area contributed by atoms with E-state index in [0.29, 0.717) is 17.1 Å². The monoisotopic (exact) mass is 289 g/mol. The second-order valence-corrected chi connectivity index (χ2v) is 4.30. The standard InChI is InChI=1S/C16H8FN5/c17-13-7-12(10-18)8-16(9-13)22-6-3-14(21-22)1-2-15-11-19-4-5-20-15/h3-9,11H. The second-order valence-electron chi connectivity index (χ2n) is 4.30. The molecule has 0 aliphatic rings. The molecule has 1 aromatic carbocycles. The Labute approximate surface area is 125 Å². The van der Waals surface area contributed by atoms with Gasteiger partial charge in [-0.25, -0.2) is 14.1 Å². The maximum absolute atomic E-state index is 13.4. The van der Waals surface area contributed by atoms with Gasteiger partial charge in [-0.15, -0.1) is 0 Å². The van der Waals surface area contributed by atoms with E-state index in [0.717, 1.165) is 0 Å². The Kier molecular flexibility index (Phi) is 3.59. The number of halogens is 1. The minimum absolute atomic E-state index is 0.234. The lowest BCUT2D eigenvalue weighted by Crippen LogP contribution is -1.97. The molecule has 22 heavy (non-hydrogen) atoms. The highest BCUT2D eigenvalue weighted by molar-refractivity contribution is 5.42. The van der Waals surface area contributed by atoms with Gasteiger partial charge in [0.1, 0.15) is 17.2 Å². The van der Waals surface area contributed by atoms with Crippen LogP contribution in [0.5, 0.6) is 0 Å². The summed E-state index contributed by atoms with van der Waals surface area (Å²) in [6.45, 7) is 0. The molecule has 6 heteroatoms. The van der Waals surface area contributed by atoms with E-state index in [1.54, 1.807) is 36.9 Å². The molecule has 0 atom stereocenters. The molecule has 2 heterocycles. The van der Waals surface area contributed by atoms with E-state index in [9.17, 15) is 4.39 Å². The van der Waals surface area contributed by atoms with Crippen LogP contribution in [0.15, 0.2) is 49.1 Å². The summed E-state index contributed by atoms with van der Waals surface area (Å²) >= 11 is 0. The Balaban J connectivity index is 1.90. The topological polar surface area (TPSA) is 67.4 Å². The van der Waals surface area contributed by atoms with Crippen molar-refractivity contribution in [2.45, 2.75) is 0 Å². The number of rotatable bonds is 1. The third-order valence-corrected chi connectivity index (χ3v) is 2.75. The number of hydrogen-bond donors (Lipinski definition) is 0. The Morgan fingerprint density at radius 3 is 2.73 bits per heavy atom. The molecule has 104 valence electrons. The van der Waals surface area contributed by atoms with Crippen LogP contribution in [0.4, 0.5) is 4.39 Å². The zero-order chi connectivity index (χ0) is 15.4. The Bertz CT molecular complexity index is 913. The number of nitriles is 1. The molecule has 0 unspecified atom stereocenters. The second kappa shape index (κ2) is 5.86. The molecule has 0 N–H and O–H groups in total. The first-order chi connectivity index (χ1) is 10.7. The number of benzene rings is 1. The molecule has 0 saturated carbocycles. The normalized spacial score (nSPS) is 9.64. The van der Waals surface area contributed by atoms with Gasteiger partial charge in [0.05, 0.1) is 23.5 Å². The van der Waals surface area contributed by atoms with Crippen LogP contribution in [0.1, 0.15) is 17.0 Å². The predicted octanol–water partition coefficient (Wildman–Crippen LogP) is 2.07. The molecule has 0 aliphatic heterocycles. The zero-order valence-electron chi connectivity index (χ0n) is 11.2. The average Bonchev–Trinajstić information content (AvgIpc) is 3.02. The van der Waals surface area contributed by atoms with Gasteiger partial charge in [0, 0.05) is 18.6 Å². The first kappa shape index (κ1) is 13.5. The first-order valence-corrected chi connectivity index (χ1v) is 6.29. The van der Waals surface area contributed by atoms with Crippen molar-refractivity contribution >= 4 is 0 Å². The zero-order valence-corrected chi connectivity index (χ0v) is 11.2. The van der Waals surface area contributed by atoms with Gasteiger partial charge in [0.15, 0.2) is 0 Å². The smallest absolute Gasteiger partial charge is 0.136 e. The molecule has 2 aromatic heterocycles. The summed E-state index contributed by atoms with van der Waals surface area (Å²) in [5.41, 5.74) is 1.74. The van der Waals surface area contributed by atoms with Crippen LogP contribution in [0.3, 0.4) is 0 Å². The molecule has 3 rings (SSSR count). The van der Waals surface area contributed by atoms with Crippen molar-refractivity contribution in [3.05, 3.63) is 71.8 Å². The maximum Gasteiger partial charge on any atom is 0.136 e. The molecule has 0 spiro atoms. The molecule has 0 fully saturated rings. The highest BCUT2D eigenvalue weighted by Gasteiger charge is 2.04. The molecule has 0 bridgehead atoms. The minimum atomic E-state index is -0.489. The van der Waals surface area contributed by atoms with Gasteiger partial charge in [-0.05, 0) is 36.1 Å². The van der Waals surface area contributed by atoms with Crippen molar-refractivity contribution in [1.82, 2.24) is 19.7 Å². The summed E-state index contributed by atoms with van der Waals surface area (Å²) < 4.78 is 14.9. The Morgan fingerprint density at radius 1 is 1.09 bits per heavy atom. The quantitative estimate of drug-likeness (QED) is 0.643. The summed E-state index contributed by atoms with van der Waals surface area (Å²) in [6.07, 6.45) is 6.32. The van der Waals surface area contributed by atoms with E-state index in [-0.39, 0.29) is 5.56 Å². The number of aromatic nitrogens is 4. The largest absolute Gasteiger partial charge is 0.260 e. The van der Waals surface area contributed by atoms with Gasteiger partial charge in [-0.2, -0.15) is 10.4 Å². The molecule has 0 saturated heterocycles. The van der Waals surface area contributed by atoms with Crippen molar-refractivity contribution in [2.75, 3.05) is 0 Å². The average molecular weight is 289 g/mol. The van der Waals surface area contributed by atoms with E-state index in [1.165, 1.54) is 16.8 Å². The Hall–Kier alpha value is -3.51. The van der Waals surface area contributed by atoms with E-state index < -0.39 is 5.82 Å². The lowest BCUT2D eigenvalue weighted by atomic mass is 10.2. The lowest BCUT2D eigenvalue weighted by Gasteiger charge is -2.01. The fraction of sp³-hybridized carbons (Fsp3) is 0. The van der Waals surface area contributed by atoms with Crippen LogP contribution in [0.25, 0.3) is 5.69 Å². The van der Waals surface area contributed by atoms with Crippen LogP contribution in [0.2, 0.25) is 0 Å². The van der Waals surface area contributed by atoms with Crippen molar-refractivity contribution in [3.8, 4) is 23.6 Å². The highest BCUT2D eigenvalue weighted by atomic mass is 19.1. The maximum atomic E-state index is 13.4. The molecule has 0 amide bonds. The van der Waals surface area contributed by atoms with E-state index in [1.807, 2.05) is 6.07 Å². The summed E-state index contributed by atoms with van der Waals surface area (Å²) in [5, 5.41) is 13.1. The van der Waals surface area contributed by atoms with Gasteiger partial charge in [-0.1, -0.05) is 0 Å². The van der Waals surface area contributed by atoms with Gasteiger partial charge in [0.25, 0.3) is 0 Å². The fourth-order valence-corrected chi connectivity index (χ4v) is 1.80. The Morgan fingerprint density at radius 2 is 1.95 bits per heavy atom. The number of nitrogens with zero attached hydrogens (tertiary/aromatic N) is 5. The van der Waals surface area contributed by atoms with Crippen LogP contribution in [-0.2, 0) is 0 Å². The van der Waals surface area contributed by atoms with Crippen LogP contribution in [0, 0.1) is 29.0 Å². The van der Waals surface area contributed by atoms with Gasteiger partial charge >= 0.3 is 0 Å². The van der Waals surface area contributed by atoms with Gasteiger partial charge in [0.2, 0.25) is 0 Å². The van der Waals surface area contributed by atoms with Crippen molar-refractivity contribution < 1.29 is 4.39 Å². The molecule has 0 radical (unpaired) electrons. The van der Waals surface area contributed by atoms with Gasteiger partial charge in [-0.3, -0.25) is 4.98 Å². The summed E-state index contributed by atoms with van der Waals surface area (Å²) in [4.78, 5) is 7.95. The molecule has 3 aromatic rings. The van der Waals surface area contributed by atoms with Crippen LogP contribution in [-0.4, -0.2) is 19.7 Å². The molecule has 0 aliphatic carbocycles. The van der Waals surface area contributed by atoms with E-state index >= 15 is 0 Å². The highest BCUT2D eigenvalue weighted by Crippen LogP contribution is 2.13. The summed E-state index contributed by atoms with van der Waals surface area (Å²) in [5.74, 6) is 5.20. The van der Waals surface area contributed by atoms with E-state index in [2.05, 4.69) is 26.9 Å². The minimum Gasteiger partial charge on any atom is -0.260 e. The predicted molar refractivity (Wildman–Crippen MR) is 76.2 cm³/mol. The molecular weight excluding hydrogens is 281 g/mol. The third kappa shape index (κ3) is 2.97. The van der Waals surface area contributed by atoms with E-state index in [4.69, 9.17) is 5.26 Å². The van der Waals surface area contributed by atoms with Crippen molar-refractivity contribution in [1.29, 1.82) is 5.26 Å². The fourth-order valence-electron chi connectivity index (χ4n) is 1.80. The van der Waals surface area contributed by atoms with Crippen LogP contribution < -0.4 is 0 Å².